The molecule has 0 spiro atoms. The molecule has 162 valence electrons. The first kappa shape index (κ1) is 23.3. The number of carbonyl (C=O) groups is 3. The molecule has 30 heavy (non-hydrogen) atoms. The van der Waals surface area contributed by atoms with Gasteiger partial charge in [0.1, 0.15) is 24.4 Å². The number of amides is 1. The van der Waals surface area contributed by atoms with Gasteiger partial charge in [-0.2, -0.15) is 0 Å². The second-order valence-corrected chi connectivity index (χ2v) is 7.99. The fourth-order valence-corrected chi connectivity index (χ4v) is 3.11. The molecular weight excluding hydrogens is 391 g/mol. The summed E-state index contributed by atoms with van der Waals surface area (Å²) in [6, 6.07) is 6.41. The molecule has 0 saturated carbocycles. The van der Waals surface area contributed by atoms with Crippen LogP contribution < -0.4 is 10.9 Å². The van der Waals surface area contributed by atoms with E-state index in [1.54, 1.807) is 58.0 Å². The minimum Gasteiger partial charge on any atom is -0.460 e. The molecule has 1 amide bonds. The van der Waals surface area contributed by atoms with Crippen molar-refractivity contribution in [2.45, 2.75) is 58.2 Å². The van der Waals surface area contributed by atoms with Gasteiger partial charge in [0.15, 0.2) is 5.78 Å². The molecular formula is C22H27FN2O5. The van der Waals surface area contributed by atoms with Crippen LogP contribution in [0.5, 0.6) is 0 Å². The fourth-order valence-electron chi connectivity index (χ4n) is 3.11. The van der Waals surface area contributed by atoms with Crippen LogP contribution in [0.2, 0.25) is 0 Å². The molecule has 2 atom stereocenters. The standard InChI is InChI=1S/C22H27FN2O5/c1-5-17(25-11-10-14-8-6-7-9-15(14)21(25)29)20(28)24-16(18(26)13-23)12-19(27)30-22(2,3)4/h6-11,16-17H,5,12-13H2,1-4H3,(H,24,28)/t16?,17-/m0/s1. The van der Waals surface area contributed by atoms with Crippen molar-refractivity contribution in [3.8, 4) is 0 Å². The minimum absolute atomic E-state index is 0.257. The number of Topliss-reactive ketones (excluding diaryl/α,β-unsaturated/α-hetero) is 1. The number of nitrogens with one attached hydrogen (secondary N) is 1. The van der Waals surface area contributed by atoms with E-state index in [4.69, 9.17) is 4.74 Å². The molecule has 2 rings (SSSR count). The highest BCUT2D eigenvalue weighted by Gasteiger charge is 2.29. The molecule has 0 aliphatic rings. The van der Waals surface area contributed by atoms with Gasteiger partial charge in [0, 0.05) is 11.6 Å². The summed E-state index contributed by atoms with van der Waals surface area (Å²) in [5.41, 5.74) is -1.13. The van der Waals surface area contributed by atoms with E-state index in [0.717, 1.165) is 5.39 Å². The van der Waals surface area contributed by atoms with Crippen molar-refractivity contribution in [3.05, 3.63) is 46.9 Å². The molecule has 0 radical (unpaired) electrons. The van der Waals surface area contributed by atoms with E-state index in [2.05, 4.69) is 5.32 Å². The number of aromatic nitrogens is 1. The molecule has 1 heterocycles. The Balaban J connectivity index is 2.26. The van der Waals surface area contributed by atoms with Crippen molar-refractivity contribution in [2.24, 2.45) is 0 Å². The molecule has 0 aliphatic heterocycles. The summed E-state index contributed by atoms with van der Waals surface area (Å²) < 4.78 is 19.5. The van der Waals surface area contributed by atoms with E-state index >= 15 is 0 Å². The van der Waals surface area contributed by atoms with Crippen LogP contribution in [0.15, 0.2) is 41.3 Å². The van der Waals surface area contributed by atoms with Gasteiger partial charge in [-0.3, -0.25) is 19.2 Å². The number of fused-ring (bicyclic) bond motifs is 1. The lowest BCUT2D eigenvalue weighted by Gasteiger charge is -2.24. The third-order valence-corrected chi connectivity index (χ3v) is 4.49. The van der Waals surface area contributed by atoms with Crippen LogP contribution in [0.25, 0.3) is 10.8 Å². The lowest BCUT2D eigenvalue weighted by atomic mass is 10.1. The summed E-state index contributed by atoms with van der Waals surface area (Å²) in [5.74, 6) is -2.31. The lowest BCUT2D eigenvalue weighted by Crippen LogP contribution is -2.47. The van der Waals surface area contributed by atoms with Crippen molar-refractivity contribution >= 4 is 28.4 Å². The van der Waals surface area contributed by atoms with Gasteiger partial charge in [0.2, 0.25) is 5.91 Å². The molecule has 0 saturated heterocycles. The van der Waals surface area contributed by atoms with Crippen molar-refractivity contribution in [2.75, 3.05) is 6.67 Å². The summed E-state index contributed by atoms with van der Waals surface area (Å²) >= 11 is 0. The quantitative estimate of drug-likeness (QED) is 0.665. The number of esters is 1. The molecule has 1 N–H and O–H groups in total. The van der Waals surface area contributed by atoms with E-state index in [0.29, 0.717) is 5.39 Å². The summed E-state index contributed by atoms with van der Waals surface area (Å²) in [6.07, 6.45) is 1.28. The van der Waals surface area contributed by atoms with E-state index in [-0.39, 0.29) is 12.0 Å². The first-order chi connectivity index (χ1) is 14.1. The van der Waals surface area contributed by atoms with Gasteiger partial charge in [-0.1, -0.05) is 25.1 Å². The number of halogens is 1. The molecule has 7 nitrogen and oxygen atoms in total. The van der Waals surface area contributed by atoms with Crippen LogP contribution in [0, 0.1) is 0 Å². The van der Waals surface area contributed by atoms with Gasteiger partial charge >= 0.3 is 5.97 Å². The van der Waals surface area contributed by atoms with Gasteiger partial charge in [0.05, 0.1) is 6.42 Å². The molecule has 1 aromatic carbocycles. The normalized spacial score (nSPS) is 13.5. The van der Waals surface area contributed by atoms with Crippen LogP contribution in [0.1, 0.15) is 46.6 Å². The highest BCUT2D eigenvalue weighted by Crippen LogP contribution is 2.15. The number of rotatable bonds is 8. The Kier molecular flexibility index (Phi) is 7.48. The summed E-state index contributed by atoms with van der Waals surface area (Å²) in [5, 5.41) is 3.62. The van der Waals surface area contributed by atoms with E-state index in [1.807, 2.05) is 0 Å². The maximum absolute atomic E-state index is 13.0. The number of benzene rings is 1. The number of pyridine rings is 1. The maximum atomic E-state index is 13.0. The average Bonchev–Trinajstić information content (AvgIpc) is 2.67. The highest BCUT2D eigenvalue weighted by molar-refractivity contribution is 5.94. The smallest absolute Gasteiger partial charge is 0.308 e. The van der Waals surface area contributed by atoms with Crippen LogP contribution in [0.3, 0.4) is 0 Å². The van der Waals surface area contributed by atoms with Crippen LogP contribution in [0.4, 0.5) is 4.39 Å². The molecule has 0 fully saturated rings. The summed E-state index contributed by atoms with van der Waals surface area (Å²) in [6.45, 7) is 5.37. The Labute approximate surface area is 174 Å². The fraction of sp³-hybridized carbons (Fsp3) is 0.455. The predicted molar refractivity (Wildman–Crippen MR) is 111 cm³/mol. The second kappa shape index (κ2) is 9.65. The number of alkyl halides is 1. The van der Waals surface area contributed by atoms with Crippen LogP contribution in [-0.4, -0.2) is 40.5 Å². The molecule has 2 aromatic rings. The SMILES string of the molecule is CC[C@@H](C(=O)NC(CC(=O)OC(C)(C)C)C(=O)CF)n1ccc2ccccc2c1=O. The Morgan fingerprint density at radius 3 is 2.43 bits per heavy atom. The Bertz CT molecular complexity index is 993. The zero-order valence-electron chi connectivity index (χ0n) is 17.6. The highest BCUT2D eigenvalue weighted by atomic mass is 19.1. The van der Waals surface area contributed by atoms with E-state index in [9.17, 15) is 23.6 Å². The number of ketones is 1. The first-order valence-corrected chi connectivity index (χ1v) is 9.78. The van der Waals surface area contributed by atoms with Gasteiger partial charge < -0.3 is 14.6 Å². The van der Waals surface area contributed by atoms with Gasteiger partial charge in [-0.15, -0.1) is 0 Å². The first-order valence-electron chi connectivity index (χ1n) is 9.78. The zero-order valence-corrected chi connectivity index (χ0v) is 17.6. The van der Waals surface area contributed by atoms with Crippen molar-refractivity contribution in [1.82, 2.24) is 9.88 Å². The van der Waals surface area contributed by atoms with E-state index < -0.39 is 48.4 Å². The molecule has 1 aromatic heterocycles. The zero-order chi connectivity index (χ0) is 22.5. The Morgan fingerprint density at radius 1 is 1.17 bits per heavy atom. The molecule has 1 unspecified atom stereocenters. The van der Waals surface area contributed by atoms with Crippen molar-refractivity contribution in [3.63, 3.8) is 0 Å². The Hall–Kier alpha value is -3.03. The number of ether oxygens (including phenoxy) is 1. The predicted octanol–water partition coefficient (Wildman–Crippen LogP) is 2.71. The largest absolute Gasteiger partial charge is 0.460 e. The van der Waals surface area contributed by atoms with Crippen LogP contribution >= 0.6 is 0 Å². The average molecular weight is 418 g/mol. The Morgan fingerprint density at radius 2 is 1.83 bits per heavy atom. The van der Waals surface area contributed by atoms with E-state index in [1.165, 1.54) is 10.8 Å². The maximum Gasteiger partial charge on any atom is 0.308 e. The topological polar surface area (TPSA) is 94.5 Å². The summed E-state index contributed by atoms with van der Waals surface area (Å²) in [4.78, 5) is 49.7. The van der Waals surface area contributed by atoms with Gasteiger partial charge in [-0.25, -0.2) is 4.39 Å². The monoisotopic (exact) mass is 418 g/mol. The summed E-state index contributed by atoms with van der Waals surface area (Å²) in [7, 11) is 0. The third-order valence-electron chi connectivity index (χ3n) is 4.49. The minimum atomic E-state index is -1.37. The number of carbonyl (C=O) groups excluding carboxylic acids is 3. The number of hydrogen-bond acceptors (Lipinski definition) is 5. The molecule has 0 bridgehead atoms. The van der Waals surface area contributed by atoms with Crippen molar-refractivity contribution in [1.29, 1.82) is 0 Å². The third kappa shape index (κ3) is 5.75. The number of nitrogens with zero attached hydrogens (tertiary/aromatic N) is 1. The number of hydrogen-bond donors (Lipinski definition) is 1. The van der Waals surface area contributed by atoms with Crippen LogP contribution in [-0.2, 0) is 19.1 Å². The lowest BCUT2D eigenvalue weighted by molar-refractivity contribution is -0.156. The molecule has 8 heteroatoms. The molecule has 0 aliphatic carbocycles. The second-order valence-electron chi connectivity index (χ2n) is 7.99. The van der Waals surface area contributed by atoms with Gasteiger partial charge in [-0.05, 0) is 44.7 Å². The van der Waals surface area contributed by atoms with Gasteiger partial charge in [0.25, 0.3) is 5.56 Å². The van der Waals surface area contributed by atoms with Crippen molar-refractivity contribution < 1.29 is 23.5 Å².